The fourth-order valence-electron chi connectivity index (χ4n) is 5.52. The molecule has 2 aliphatic rings. The summed E-state index contributed by atoms with van der Waals surface area (Å²) in [6.07, 6.45) is 5.65. The van der Waals surface area contributed by atoms with Crippen molar-refractivity contribution in [3.05, 3.63) is 65.6 Å². The van der Waals surface area contributed by atoms with E-state index >= 15 is 4.39 Å². The van der Waals surface area contributed by atoms with Gasteiger partial charge in [-0.15, -0.1) is 0 Å². The van der Waals surface area contributed by atoms with E-state index in [0.717, 1.165) is 55.4 Å². The molecular formula is C28H34FN3O3. The number of phenols is 1. The summed E-state index contributed by atoms with van der Waals surface area (Å²) in [7, 11) is 1.68. The number of nitrogens with zero attached hydrogens (tertiary/aromatic N) is 2. The molecule has 1 saturated carbocycles. The number of rotatable bonds is 9. The number of benzene rings is 2. The first kappa shape index (κ1) is 23.8. The smallest absolute Gasteiger partial charge is 0.228 e. The Kier molecular flexibility index (Phi) is 7.07. The molecule has 1 amide bonds. The minimum Gasteiger partial charge on any atom is -0.508 e. The molecule has 0 spiro atoms. The Morgan fingerprint density at radius 1 is 1.23 bits per heavy atom. The SMILES string of the molecule is COCCCn1cc(CN(C(=O)[C@H]2CNCC[C@@H]2c2cccc(O)c2)C2CC2)c2c(F)cccc21. The molecule has 35 heavy (non-hydrogen) atoms. The Bertz CT molecular complexity index is 1190. The zero-order valence-electron chi connectivity index (χ0n) is 20.3. The fourth-order valence-corrected chi connectivity index (χ4v) is 5.52. The largest absolute Gasteiger partial charge is 0.508 e. The van der Waals surface area contributed by atoms with Gasteiger partial charge in [-0.2, -0.15) is 0 Å². The number of phenolic OH excluding ortho intramolecular Hbond substituents is 1. The Labute approximate surface area is 205 Å². The maximum absolute atomic E-state index is 15.0. The third kappa shape index (κ3) is 5.07. The van der Waals surface area contributed by atoms with E-state index in [0.29, 0.717) is 25.1 Å². The number of aryl methyl sites for hydroxylation is 1. The van der Waals surface area contributed by atoms with Gasteiger partial charge in [0.05, 0.1) is 11.4 Å². The molecule has 5 rings (SSSR count). The van der Waals surface area contributed by atoms with E-state index < -0.39 is 0 Å². The molecular weight excluding hydrogens is 445 g/mol. The highest BCUT2D eigenvalue weighted by Crippen LogP contribution is 2.38. The molecule has 0 radical (unpaired) electrons. The highest BCUT2D eigenvalue weighted by molar-refractivity contribution is 5.86. The van der Waals surface area contributed by atoms with Crippen molar-refractivity contribution in [3.63, 3.8) is 0 Å². The molecule has 2 heterocycles. The summed E-state index contributed by atoms with van der Waals surface area (Å²) in [5, 5.41) is 14.0. The second-order valence-corrected chi connectivity index (χ2v) is 9.83. The first-order valence-electron chi connectivity index (χ1n) is 12.6. The number of amides is 1. The van der Waals surface area contributed by atoms with Gasteiger partial charge in [0.1, 0.15) is 11.6 Å². The Hall–Kier alpha value is -2.90. The number of halogens is 1. The van der Waals surface area contributed by atoms with Crippen LogP contribution in [-0.2, 0) is 22.6 Å². The van der Waals surface area contributed by atoms with Crippen LogP contribution in [0.2, 0.25) is 0 Å². The van der Waals surface area contributed by atoms with Crippen LogP contribution in [-0.4, -0.2) is 53.3 Å². The van der Waals surface area contributed by atoms with Gasteiger partial charge >= 0.3 is 0 Å². The first-order valence-corrected chi connectivity index (χ1v) is 12.6. The van der Waals surface area contributed by atoms with Crippen LogP contribution in [0.3, 0.4) is 0 Å². The Balaban J connectivity index is 1.44. The molecule has 2 N–H and O–H groups in total. The van der Waals surface area contributed by atoms with E-state index in [1.54, 1.807) is 25.3 Å². The van der Waals surface area contributed by atoms with Crippen LogP contribution >= 0.6 is 0 Å². The van der Waals surface area contributed by atoms with E-state index in [2.05, 4.69) is 9.88 Å². The van der Waals surface area contributed by atoms with E-state index in [1.165, 1.54) is 6.07 Å². The summed E-state index contributed by atoms with van der Waals surface area (Å²) in [5.41, 5.74) is 2.71. The third-order valence-electron chi connectivity index (χ3n) is 7.39. The first-order chi connectivity index (χ1) is 17.1. The van der Waals surface area contributed by atoms with Gasteiger partial charge < -0.3 is 24.6 Å². The highest BCUT2D eigenvalue weighted by Gasteiger charge is 2.40. The summed E-state index contributed by atoms with van der Waals surface area (Å²) in [4.78, 5) is 16.0. The van der Waals surface area contributed by atoms with Gasteiger partial charge in [-0.05, 0) is 73.5 Å². The van der Waals surface area contributed by atoms with E-state index in [1.807, 2.05) is 29.3 Å². The van der Waals surface area contributed by atoms with Gasteiger partial charge in [0.25, 0.3) is 0 Å². The number of methoxy groups -OCH3 is 1. The van der Waals surface area contributed by atoms with Gasteiger partial charge in [-0.3, -0.25) is 4.79 Å². The van der Waals surface area contributed by atoms with Crippen molar-refractivity contribution in [1.82, 2.24) is 14.8 Å². The maximum atomic E-state index is 15.0. The number of ether oxygens (including phenoxy) is 1. The lowest BCUT2D eigenvalue weighted by Gasteiger charge is -2.35. The zero-order chi connectivity index (χ0) is 24.4. The van der Waals surface area contributed by atoms with Crippen LogP contribution in [0.25, 0.3) is 10.9 Å². The number of carbonyl (C=O) groups excluding carboxylic acids is 1. The van der Waals surface area contributed by atoms with Crippen molar-refractivity contribution >= 4 is 16.8 Å². The summed E-state index contributed by atoms with van der Waals surface area (Å²) >= 11 is 0. The average molecular weight is 480 g/mol. The van der Waals surface area contributed by atoms with E-state index in [9.17, 15) is 9.90 Å². The number of aromatic hydroxyl groups is 1. The van der Waals surface area contributed by atoms with Crippen LogP contribution in [0.5, 0.6) is 5.75 Å². The summed E-state index contributed by atoms with van der Waals surface area (Å²) < 4.78 is 22.3. The van der Waals surface area contributed by atoms with Gasteiger partial charge in [0, 0.05) is 51.0 Å². The standard InChI is InChI=1S/C28H34FN3O3/c1-35-14-4-13-31-17-20(27-25(29)7-3-8-26(27)31)18-32(21-9-10-21)28(34)24-16-30-12-11-23(24)19-5-2-6-22(33)15-19/h2-3,5-8,15,17,21,23-24,30,33H,4,9-14,16,18H2,1H3/t23-,24+/m1/s1. The molecule has 1 aliphatic carbocycles. The average Bonchev–Trinajstić information content (AvgIpc) is 3.65. The molecule has 0 unspecified atom stereocenters. The molecule has 3 aromatic rings. The minimum atomic E-state index is -0.247. The molecule has 186 valence electrons. The lowest BCUT2D eigenvalue weighted by molar-refractivity contribution is -0.138. The number of fused-ring (bicyclic) bond motifs is 1. The normalized spacial score (nSPS) is 20.3. The molecule has 1 saturated heterocycles. The van der Waals surface area contributed by atoms with E-state index in [-0.39, 0.29) is 35.4 Å². The molecule has 1 aromatic heterocycles. The number of aromatic nitrogens is 1. The van der Waals surface area contributed by atoms with Gasteiger partial charge in [0.2, 0.25) is 5.91 Å². The second kappa shape index (κ2) is 10.4. The third-order valence-corrected chi connectivity index (χ3v) is 7.39. The number of hydrogen-bond donors (Lipinski definition) is 2. The number of piperidine rings is 1. The van der Waals surface area contributed by atoms with Crippen LogP contribution < -0.4 is 5.32 Å². The number of hydrogen-bond acceptors (Lipinski definition) is 4. The van der Waals surface area contributed by atoms with Crippen LogP contribution in [0.15, 0.2) is 48.7 Å². The van der Waals surface area contributed by atoms with Crippen LogP contribution in [0.4, 0.5) is 4.39 Å². The fraction of sp³-hybridized carbons (Fsp3) is 0.464. The van der Waals surface area contributed by atoms with Crippen molar-refractivity contribution in [1.29, 1.82) is 0 Å². The van der Waals surface area contributed by atoms with Crippen molar-refractivity contribution in [2.24, 2.45) is 5.92 Å². The summed E-state index contributed by atoms with van der Waals surface area (Å²) in [6, 6.07) is 12.7. The number of carbonyl (C=O) groups is 1. The Morgan fingerprint density at radius 2 is 2.06 bits per heavy atom. The van der Waals surface area contributed by atoms with Crippen molar-refractivity contribution in [3.8, 4) is 5.75 Å². The van der Waals surface area contributed by atoms with Crippen molar-refractivity contribution < 1.29 is 19.0 Å². The molecule has 6 nitrogen and oxygen atoms in total. The van der Waals surface area contributed by atoms with Crippen LogP contribution in [0.1, 0.15) is 42.7 Å². The molecule has 0 bridgehead atoms. The number of nitrogens with one attached hydrogen (secondary N) is 1. The molecule has 1 aliphatic heterocycles. The maximum Gasteiger partial charge on any atom is 0.228 e. The predicted octanol–water partition coefficient (Wildman–Crippen LogP) is 4.41. The molecule has 2 aromatic carbocycles. The van der Waals surface area contributed by atoms with E-state index in [4.69, 9.17) is 4.74 Å². The molecule has 2 fully saturated rings. The summed E-state index contributed by atoms with van der Waals surface area (Å²) in [5.74, 6) is -0.0777. The van der Waals surface area contributed by atoms with Crippen molar-refractivity contribution in [2.75, 3.05) is 26.8 Å². The molecule has 2 atom stereocenters. The Morgan fingerprint density at radius 3 is 2.83 bits per heavy atom. The minimum absolute atomic E-state index is 0.0456. The lowest BCUT2D eigenvalue weighted by atomic mass is 9.80. The second-order valence-electron chi connectivity index (χ2n) is 9.83. The quantitative estimate of drug-likeness (QED) is 0.447. The summed E-state index contributed by atoms with van der Waals surface area (Å²) in [6.45, 7) is 3.23. The van der Waals surface area contributed by atoms with Crippen LogP contribution in [0, 0.1) is 11.7 Å². The topological polar surface area (TPSA) is 66.7 Å². The highest BCUT2D eigenvalue weighted by atomic mass is 19.1. The lowest BCUT2D eigenvalue weighted by Crippen LogP contribution is -2.47. The van der Waals surface area contributed by atoms with Gasteiger partial charge in [0.15, 0.2) is 0 Å². The predicted molar refractivity (Wildman–Crippen MR) is 134 cm³/mol. The zero-order valence-corrected chi connectivity index (χ0v) is 20.3. The van der Waals surface area contributed by atoms with Gasteiger partial charge in [-0.25, -0.2) is 4.39 Å². The van der Waals surface area contributed by atoms with Gasteiger partial charge in [-0.1, -0.05) is 18.2 Å². The monoisotopic (exact) mass is 479 g/mol. The van der Waals surface area contributed by atoms with Crippen molar-refractivity contribution in [2.45, 2.75) is 50.7 Å². The molecule has 7 heteroatoms.